The summed E-state index contributed by atoms with van der Waals surface area (Å²) in [7, 11) is 1.65. The summed E-state index contributed by atoms with van der Waals surface area (Å²) < 4.78 is 20.3. The molecule has 184 valence electrons. The van der Waals surface area contributed by atoms with Gasteiger partial charge in [-0.05, 0) is 43.2 Å². The molecule has 0 N–H and O–H groups in total. The van der Waals surface area contributed by atoms with Gasteiger partial charge in [-0.25, -0.2) is 14.2 Å². The summed E-state index contributed by atoms with van der Waals surface area (Å²) in [5.41, 5.74) is 2.71. The molecule has 3 atom stereocenters. The van der Waals surface area contributed by atoms with E-state index >= 15 is 0 Å². The summed E-state index contributed by atoms with van der Waals surface area (Å²) >= 11 is 0. The van der Waals surface area contributed by atoms with Crippen molar-refractivity contribution in [3.8, 4) is 6.07 Å². The number of nitrogens with zero attached hydrogens (tertiary/aromatic N) is 7. The minimum atomic E-state index is -0.376. The van der Waals surface area contributed by atoms with Crippen molar-refractivity contribution >= 4 is 16.9 Å². The fourth-order valence-corrected chi connectivity index (χ4v) is 5.05. The Balaban J connectivity index is 1.57. The largest absolute Gasteiger partial charge is 0.364 e. The second kappa shape index (κ2) is 9.51. The van der Waals surface area contributed by atoms with Gasteiger partial charge in [-0.15, -0.1) is 0 Å². The van der Waals surface area contributed by atoms with Gasteiger partial charge in [0.2, 0.25) is 0 Å². The fraction of sp³-hybridized carbons (Fsp3) is 0.346. The maximum absolute atomic E-state index is 13.7. The number of aromatic nitrogens is 4. The van der Waals surface area contributed by atoms with Crippen molar-refractivity contribution in [3.63, 3.8) is 0 Å². The number of pyridine rings is 1. The molecule has 0 aliphatic carbocycles. The van der Waals surface area contributed by atoms with Gasteiger partial charge in [0.15, 0.2) is 5.82 Å². The lowest BCUT2D eigenvalue weighted by molar-refractivity contribution is 0.111. The lowest BCUT2D eigenvalue weighted by atomic mass is 9.95. The van der Waals surface area contributed by atoms with Crippen molar-refractivity contribution in [1.29, 1.82) is 5.26 Å². The van der Waals surface area contributed by atoms with E-state index in [1.54, 1.807) is 37.6 Å². The molecule has 1 fully saturated rings. The smallest absolute Gasteiger partial charge is 0.349 e. The van der Waals surface area contributed by atoms with Crippen molar-refractivity contribution in [3.05, 3.63) is 82.0 Å². The number of aryl methyl sites for hydroxylation is 1. The summed E-state index contributed by atoms with van der Waals surface area (Å²) in [4.78, 5) is 26.1. The normalized spacial score (nSPS) is 19.4. The number of piperazine rings is 1. The number of hydrogen-bond acceptors (Lipinski definition) is 8. The van der Waals surface area contributed by atoms with Crippen LogP contribution in [0.3, 0.4) is 0 Å². The third-order valence-electron chi connectivity index (χ3n) is 6.93. The highest BCUT2D eigenvalue weighted by Gasteiger charge is 2.38. The van der Waals surface area contributed by atoms with Crippen LogP contribution in [0.4, 0.5) is 10.2 Å². The first-order valence-corrected chi connectivity index (χ1v) is 11.9. The van der Waals surface area contributed by atoms with Crippen molar-refractivity contribution in [2.45, 2.75) is 38.4 Å². The Morgan fingerprint density at radius 1 is 1.17 bits per heavy atom. The van der Waals surface area contributed by atoms with E-state index in [0.29, 0.717) is 29.9 Å². The number of benzene rings is 1. The maximum Gasteiger partial charge on any atom is 0.349 e. The van der Waals surface area contributed by atoms with Gasteiger partial charge in [-0.2, -0.15) is 10.2 Å². The van der Waals surface area contributed by atoms with Crippen LogP contribution in [0, 0.1) is 17.1 Å². The molecule has 4 aromatic rings. The van der Waals surface area contributed by atoms with Gasteiger partial charge in [0, 0.05) is 38.3 Å². The Hall–Kier alpha value is -4.10. The van der Waals surface area contributed by atoms with Crippen LogP contribution in [0.5, 0.6) is 0 Å². The van der Waals surface area contributed by atoms with Gasteiger partial charge >= 0.3 is 5.69 Å². The zero-order chi connectivity index (χ0) is 25.4. The quantitative estimate of drug-likeness (QED) is 0.422. The molecule has 1 aliphatic rings. The van der Waals surface area contributed by atoms with Gasteiger partial charge in [0.1, 0.15) is 35.1 Å². The molecule has 3 aromatic heterocycles. The van der Waals surface area contributed by atoms with E-state index in [0.717, 1.165) is 17.7 Å². The standard InChI is InChI=1S/C26H26FN7O2/c1-4-20-15-33(25-23-22(32(3)26(35)30-25)10-9-19(13-28)29-23)16(2)14-34(20)24(21-11-12-36-31-21)17-5-7-18(27)8-6-17/h5-12,16,20,24H,4,14-15H2,1-3H3/t16-,20?,24?/m0/s1. The minimum Gasteiger partial charge on any atom is -0.364 e. The molecule has 1 saturated heterocycles. The van der Waals surface area contributed by atoms with Crippen LogP contribution < -0.4 is 10.6 Å². The van der Waals surface area contributed by atoms with E-state index in [1.807, 2.05) is 6.07 Å². The molecule has 2 unspecified atom stereocenters. The minimum absolute atomic E-state index is 0.0435. The van der Waals surface area contributed by atoms with Gasteiger partial charge in [-0.3, -0.25) is 9.47 Å². The zero-order valence-electron chi connectivity index (χ0n) is 20.3. The molecule has 1 aromatic carbocycles. The Morgan fingerprint density at radius 3 is 2.61 bits per heavy atom. The molecular weight excluding hydrogens is 461 g/mol. The van der Waals surface area contributed by atoms with Crippen LogP contribution in [0.15, 0.2) is 58.0 Å². The molecule has 0 radical (unpaired) electrons. The van der Waals surface area contributed by atoms with Crippen molar-refractivity contribution in [2.24, 2.45) is 7.05 Å². The first kappa shape index (κ1) is 23.6. The van der Waals surface area contributed by atoms with Crippen LogP contribution in [-0.4, -0.2) is 49.8 Å². The zero-order valence-corrected chi connectivity index (χ0v) is 20.3. The van der Waals surface area contributed by atoms with Crippen molar-refractivity contribution in [1.82, 2.24) is 24.6 Å². The highest BCUT2D eigenvalue weighted by Crippen LogP contribution is 2.35. The first-order valence-electron chi connectivity index (χ1n) is 11.9. The number of fused-ring (bicyclic) bond motifs is 1. The van der Waals surface area contributed by atoms with E-state index < -0.39 is 0 Å². The van der Waals surface area contributed by atoms with Crippen molar-refractivity contribution in [2.75, 3.05) is 18.0 Å². The molecule has 10 heteroatoms. The summed E-state index contributed by atoms with van der Waals surface area (Å²) in [6, 6.07) is 13.5. The molecule has 0 spiro atoms. The van der Waals surface area contributed by atoms with E-state index in [4.69, 9.17) is 4.52 Å². The lowest BCUT2D eigenvalue weighted by Gasteiger charge is -2.48. The molecular formula is C26H26FN7O2. The van der Waals surface area contributed by atoms with E-state index in [-0.39, 0.29) is 35.3 Å². The number of halogens is 1. The topological polar surface area (TPSA) is 104 Å². The highest BCUT2D eigenvalue weighted by molar-refractivity contribution is 5.86. The Labute approximate surface area is 207 Å². The van der Waals surface area contributed by atoms with E-state index in [2.05, 4.69) is 44.8 Å². The predicted octanol–water partition coefficient (Wildman–Crippen LogP) is 3.41. The average Bonchev–Trinajstić information content (AvgIpc) is 3.42. The van der Waals surface area contributed by atoms with Gasteiger partial charge < -0.3 is 9.42 Å². The summed E-state index contributed by atoms with van der Waals surface area (Å²) in [6.07, 6.45) is 2.36. The fourth-order valence-electron chi connectivity index (χ4n) is 5.05. The molecule has 0 saturated carbocycles. The number of nitriles is 1. The molecule has 0 bridgehead atoms. The average molecular weight is 488 g/mol. The van der Waals surface area contributed by atoms with Crippen molar-refractivity contribution < 1.29 is 8.91 Å². The van der Waals surface area contributed by atoms with Gasteiger partial charge in [0.25, 0.3) is 0 Å². The van der Waals surface area contributed by atoms with Crippen LogP contribution in [0.25, 0.3) is 11.0 Å². The van der Waals surface area contributed by atoms with Crippen LogP contribution in [-0.2, 0) is 7.05 Å². The first-order chi connectivity index (χ1) is 17.4. The molecule has 36 heavy (non-hydrogen) atoms. The summed E-state index contributed by atoms with van der Waals surface area (Å²) in [6.45, 7) is 5.39. The third-order valence-corrected chi connectivity index (χ3v) is 6.93. The second-order valence-electron chi connectivity index (χ2n) is 9.09. The van der Waals surface area contributed by atoms with Crippen LogP contribution >= 0.6 is 0 Å². The number of rotatable bonds is 5. The summed E-state index contributed by atoms with van der Waals surface area (Å²) in [5, 5.41) is 13.6. The Bertz CT molecular complexity index is 1480. The van der Waals surface area contributed by atoms with E-state index in [9.17, 15) is 14.4 Å². The SMILES string of the molecule is CCC1CN(c2nc(=O)n(C)c3ccc(C#N)nc23)[C@@H](C)CN1C(c1ccc(F)cc1)c1ccon1. The lowest BCUT2D eigenvalue weighted by Crippen LogP contribution is -2.58. The number of hydrogen-bond donors (Lipinski definition) is 0. The Morgan fingerprint density at radius 2 is 1.94 bits per heavy atom. The van der Waals surface area contributed by atoms with Crippen LogP contribution in [0.1, 0.15) is 43.3 Å². The highest BCUT2D eigenvalue weighted by atomic mass is 19.1. The van der Waals surface area contributed by atoms with Crippen LogP contribution in [0.2, 0.25) is 0 Å². The monoisotopic (exact) mass is 487 g/mol. The third kappa shape index (κ3) is 4.12. The molecule has 0 amide bonds. The maximum atomic E-state index is 13.7. The summed E-state index contributed by atoms with van der Waals surface area (Å²) in [5.74, 6) is 0.186. The molecule has 1 aliphatic heterocycles. The van der Waals surface area contributed by atoms with Gasteiger partial charge in [0.05, 0.1) is 11.6 Å². The van der Waals surface area contributed by atoms with Gasteiger partial charge in [-0.1, -0.05) is 24.2 Å². The molecule has 9 nitrogen and oxygen atoms in total. The number of anilines is 1. The molecule has 5 rings (SSSR count). The van der Waals surface area contributed by atoms with E-state index in [1.165, 1.54) is 16.7 Å². The second-order valence-corrected chi connectivity index (χ2v) is 9.09. The Kier molecular flexibility index (Phi) is 6.24. The molecule has 4 heterocycles. The predicted molar refractivity (Wildman–Crippen MR) is 132 cm³/mol.